The molecule has 4 nitrogen and oxygen atoms in total. The highest BCUT2D eigenvalue weighted by atomic mass is 16.5. The van der Waals surface area contributed by atoms with Crippen molar-refractivity contribution in [1.82, 2.24) is 0 Å². The molecule has 2 heterocycles. The van der Waals surface area contributed by atoms with Crippen LogP contribution < -0.4 is 9.64 Å². The van der Waals surface area contributed by atoms with E-state index in [1.54, 1.807) is 7.11 Å². The summed E-state index contributed by atoms with van der Waals surface area (Å²) in [5.74, 6) is 1.12. The highest BCUT2D eigenvalue weighted by molar-refractivity contribution is 5.79. The van der Waals surface area contributed by atoms with Crippen LogP contribution in [0.25, 0.3) is 0 Å². The van der Waals surface area contributed by atoms with Crippen LogP contribution in [0.5, 0.6) is 11.5 Å². The lowest BCUT2D eigenvalue weighted by Gasteiger charge is -2.36. The summed E-state index contributed by atoms with van der Waals surface area (Å²) in [5.41, 5.74) is 2.40. The third kappa shape index (κ3) is 1.86. The monoisotopic (exact) mass is 248 g/mol. The number of hydrogen-bond acceptors (Lipinski definition) is 3. The Morgan fingerprint density at radius 3 is 2.94 bits per heavy atom. The van der Waals surface area contributed by atoms with Gasteiger partial charge in [-0.1, -0.05) is 0 Å². The van der Waals surface area contributed by atoms with E-state index >= 15 is 0 Å². The Labute approximate surface area is 106 Å². The lowest BCUT2D eigenvalue weighted by molar-refractivity contribution is -0.942. The molecule has 1 fully saturated rings. The number of ketones is 1. The first-order chi connectivity index (χ1) is 8.67. The number of quaternary nitrogens is 1. The molecular formula is C14H18NO3+. The zero-order valence-corrected chi connectivity index (χ0v) is 10.5. The van der Waals surface area contributed by atoms with Crippen molar-refractivity contribution in [1.29, 1.82) is 0 Å². The fraction of sp³-hybridized carbons (Fsp3) is 0.500. The van der Waals surface area contributed by atoms with Gasteiger partial charge in [0.15, 0.2) is 11.5 Å². The largest absolute Gasteiger partial charge is 0.504 e. The van der Waals surface area contributed by atoms with E-state index in [1.807, 2.05) is 12.1 Å². The number of piperidine rings is 1. The number of phenols is 1. The molecule has 0 aromatic heterocycles. The Kier molecular flexibility index (Phi) is 2.74. The molecule has 1 aromatic rings. The smallest absolute Gasteiger partial charge is 0.160 e. The minimum atomic E-state index is 0.210. The standard InChI is InChI=1S/C14H17NO3/c1-18-14-6-9-4-11-7-12(16)2-3-15(11)8-10(9)5-13(14)17/h5-6,11,17H,2-4,7-8H2,1H3/p+1/t11-/m0/s1. The summed E-state index contributed by atoms with van der Waals surface area (Å²) in [6.45, 7) is 1.83. The average Bonchev–Trinajstić information content (AvgIpc) is 2.36. The highest BCUT2D eigenvalue weighted by Crippen LogP contribution is 2.31. The van der Waals surface area contributed by atoms with Crippen molar-refractivity contribution < 1.29 is 19.5 Å². The van der Waals surface area contributed by atoms with Gasteiger partial charge in [-0.3, -0.25) is 4.79 Å². The molecule has 2 atom stereocenters. The van der Waals surface area contributed by atoms with Gasteiger partial charge in [0.05, 0.1) is 32.5 Å². The minimum Gasteiger partial charge on any atom is -0.504 e. The third-order valence-corrected chi connectivity index (χ3v) is 4.16. The van der Waals surface area contributed by atoms with Crippen molar-refractivity contribution >= 4 is 5.78 Å². The number of Topliss-reactive ketones (excluding diaryl/α,β-unsaturated/α-hetero) is 1. The van der Waals surface area contributed by atoms with Gasteiger partial charge in [0.25, 0.3) is 0 Å². The zero-order valence-electron chi connectivity index (χ0n) is 10.5. The molecule has 3 rings (SSSR count). The van der Waals surface area contributed by atoms with Crippen LogP contribution in [-0.4, -0.2) is 30.6 Å². The molecule has 96 valence electrons. The van der Waals surface area contributed by atoms with E-state index < -0.39 is 0 Å². The molecule has 0 amide bonds. The molecule has 0 saturated carbocycles. The molecule has 0 aliphatic carbocycles. The molecular weight excluding hydrogens is 230 g/mol. The van der Waals surface area contributed by atoms with Crippen LogP contribution in [0.15, 0.2) is 12.1 Å². The number of fused-ring (bicyclic) bond motifs is 2. The minimum absolute atomic E-state index is 0.210. The van der Waals surface area contributed by atoms with Crippen LogP contribution in [0.2, 0.25) is 0 Å². The summed E-state index contributed by atoms with van der Waals surface area (Å²) >= 11 is 0. The Hall–Kier alpha value is -1.55. The molecule has 2 aliphatic heterocycles. The number of nitrogens with one attached hydrogen (secondary N) is 1. The fourth-order valence-electron chi connectivity index (χ4n) is 3.16. The maximum Gasteiger partial charge on any atom is 0.160 e. The van der Waals surface area contributed by atoms with Gasteiger partial charge in [-0.2, -0.15) is 0 Å². The Balaban J connectivity index is 1.93. The van der Waals surface area contributed by atoms with Gasteiger partial charge in [0.2, 0.25) is 0 Å². The number of methoxy groups -OCH3 is 1. The maximum absolute atomic E-state index is 11.5. The number of carbonyl (C=O) groups is 1. The van der Waals surface area contributed by atoms with Crippen molar-refractivity contribution in [2.75, 3.05) is 13.7 Å². The molecule has 1 aromatic carbocycles. The number of carbonyl (C=O) groups excluding carboxylic acids is 1. The number of benzene rings is 1. The van der Waals surface area contributed by atoms with Crippen molar-refractivity contribution in [2.24, 2.45) is 0 Å². The third-order valence-electron chi connectivity index (χ3n) is 4.16. The molecule has 2 aliphatic rings. The van der Waals surface area contributed by atoms with Gasteiger partial charge in [-0.15, -0.1) is 0 Å². The van der Waals surface area contributed by atoms with Crippen molar-refractivity contribution in [3.8, 4) is 11.5 Å². The Bertz CT molecular complexity index is 498. The van der Waals surface area contributed by atoms with Crippen molar-refractivity contribution in [3.05, 3.63) is 23.3 Å². The summed E-state index contributed by atoms with van der Waals surface area (Å²) in [4.78, 5) is 13.0. The number of rotatable bonds is 1. The average molecular weight is 248 g/mol. The van der Waals surface area contributed by atoms with Crippen molar-refractivity contribution in [2.45, 2.75) is 31.8 Å². The second kappa shape index (κ2) is 4.28. The highest BCUT2D eigenvalue weighted by Gasteiger charge is 2.35. The summed E-state index contributed by atoms with van der Waals surface area (Å²) in [5, 5.41) is 9.82. The van der Waals surface area contributed by atoms with Crippen LogP contribution >= 0.6 is 0 Å². The van der Waals surface area contributed by atoms with Gasteiger partial charge in [-0.25, -0.2) is 0 Å². The summed E-state index contributed by atoms with van der Waals surface area (Å²) in [6.07, 6.45) is 2.30. The second-order valence-electron chi connectivity index (χ2n) is 5.27. The number of ether oxygens (including phenoxy) is 1. The topological polar surface area (TPSA) is 51.0 Å². The fourth-order valence-corrected chi connectivity index (χ4v) is 3.16. The van der Waals surface area contributed by atoms with Gasteiger partial charge in [-0.05, 0) is 17.7 Å². The van der Waals surface area contributed by atoms with E-state index in [2.05, 4.69) is 0 Å². The van der Waals surface area contributed by atoms with Gasteiger partial charge in [0.1, 0.15) is 12.3 Å². The van der Waals surface area contributed by atoms with Crippen LogP contribution in [0.3, 0.4) is 0 Å². The second-order valence-corrected chi connectivity index (χ2v) is 5.27. The Morgan fingerprint density at radius 1 is 1.33 bits per heavy atom. The van der Waals surface area contributed by atoms with Crippen LogP contribution in [-0.2, 0) is 17.8 Å². The van der Waals surface area contributed by atoms with Crippen LogP contribution in [0, 0.1) is 0 Å². The predicted molar refractivity (Wildman–Crippen MR) is 65.9 cm³/mol. The van der Waals surface area contributed by atoms with E-state index in [1.165, 1.54) is 16.0 Å². The van der Waals surface area contributed by atoms with E-state index in [-0.39, 0.29) is 5.75 Å². The van der Waals surface area contributed by atoms with E-state index in [4.69, 9.17) is 4.74 Å². The summed E-state index contributed by atoms with van der Waals surface area (Å²) in [7, 11) is 1.56. The van der Waals surface area contributed by atoms with Crippen molar-refractivity contribution in [3.63, 3.8) is 0 Å². The first-order valence-corrected chi connectivity index (χ1v) is 6.42. The summed E-state index contributed by atoms with van der Waals surface area (Å²) < 4.78 is 5.14. The van der Waals surface area contributed by atoms with Crippen LogP contribution in [0.1, 0.15) is 24.0 Å². The zero-order chi connectivity index (χ0) is 12.7. The van der Waals surface area contributed by atoms with E-state index in [0.29, 0.717) is 30.4 Å². The SMILES string of the molecule is COc1cc2c(cc1O)C[NH+]1CCC(=O)C[C@@H]1C2. The molecule has 1 unspecified atom stereocenters. The first kappa shape index (κ1) is 11.5. The predicted octanol–water partition coefficient (Wildman–Crippen LogP) is 0.0733. The van der Waals surface area contributed by atoms with Crippen LogP contribution in [0.4, 0.5) is 0 Å². The molecule has 2 N–H and O–H groups in total. The molecule has 18 heavy (non-hydrogen) atoms. The molecule has 0 radical (unpaired) electrons. The lowest BCUT2D eigenvalue weighted by atomic mass is 9.88. The number of phenolic OH excluding ortho intramolecular Hbond substituents is 1. The summed E-state index contributed by atoms with van der Waals surface area (Å²) in [6, 6.07) is 4.14. The normalized spacial score (nSPS) is 26.4. The molecule has 4 heteroatoms. The Morgan fingerprint density at radius 2 is 2.17 bits per heavy atom. The molecule has 0 bridgehead atoms. The number of aromatic hydroxyl groups is 1. The molecule has 0 spiro atoms. The van der Waals surface area contributed by atoms with Gasteiger partial charge < -0.3 is 14.7 Å². The number of hydrogen-bond donors (Lipinski definition) is 2. The maximum atomic E-state index is 11.5. The molecule has 1 saturated heterocycles. The van der Waals surface area contributed by atoms with Gasteiger partial charge >= 0.3 is 0 Å². The van der Waals surface area contributed by atoms with Gasteiger partial charge in [0, 0.05) is 12.0 Å². The van der Waals surface area contributed by atoms with E-state index in [0.717, 1.165) is 19.5 Å². The van der Waals surface area contributed by atoms with E-state index in [9.17, 15) is 9.90 Å². The quantitative estimate of drug-likeness (QED) is 0.739. The lowest BCUT2D eigenvalue weighted by Crippen LogP contribution is -3.16. The first-order valence-electron chi connectivity index (χ1n) is 6.42.